The molecule has 4 rings (SSSR count). The van der Waals surface area contributed by atoms with Crippen molar-refractivity contribution in [1.82, 2.24) is 15.3 Å². The number of aromatic nitrogens is 2. The van der Waals surface area contributed by atoms with Crippen molar-refractivity contribution < 1.29 is 4.79 Å². The number of hydrogen-bond acceptors (Lipinski definition) is 4. The van der Waals surface area contributed by atoms with Gasteiger partial charge in [0.25, 0.3) is 0 Å². The second-order valence-corrected chi connectivity index (χ2v) is 6.44. The molecule has 1 unspecified atom stereocenters. The first-order chi connectivity index (χ1) is 12.2. The van der Waals surface area contributed by atoms with E-state index in [1.165, 1.54) is 10.8 Å². The molecule has 5 heteroatoms. The molecular weight excluding hydrogens is 312 g/mol. The number of nitrogens with one attached hydrogen (secondary N) is 1. The van der Waals surface area contributed by atoms with E-state index in [-0.39, 0.29) is 11.9 Å². The maximum Gasteiger partial charge on any atom is 0.225 e. The van der Waals surface area contributed by atoms with Crippen LogP contribution in [-0.4, -0.2) is 35.0 Å². The molecule has 1 saturated heterocycles. The van der Waals surface area contributed by atoms with Gasteiger partial charge in [-0.15, -0.1) is 0 Å². The molecule has 2 heterocycles. The highest BCUT2D eigenvalue weighted by Crippen LogP contribution is 2.25. The minimum absolute atomic E-state index is 0.0117. The number of rotatable bonds is 3. The third kappa shape index (κ3) is 3.31. The first-order valence-electron chi connectivity index (χ1n) is 8.53. The quantitative estimate of drug-likeness (QED) is 0.801. The molecule has 25 heavy (non-hydrogen) atoms. The van der Waals surface area contributed by atoms with Crippen LogP contribution in [0.2, 0.25) is 0 Å². The SMILES string of the molecule is CC(=O)NC1CCN(c2nccc(-c3ccc4ccccc4c3)n2)C1. The predicted molar refractivity (Wildman–Crippen MR) is 99.4 cm³/mol. The lowest BCUT2D eigenvalue weighted by Crippen LogP contribution is -2.35. The molecule has 5 nitrogen and oxygen atoms in total. The lowest BCUT2D eigenvalue weighted by Gasteiger charge is -2.17. The number of carbonyl (C=O) groups is 1. The van der Waals surface area contributed by atoms with Crippen LogP contribution < -0.4 is 10.2 Å². The van der Waals surface area contributed by atoms with Gasteiger partial charge in [-0.2, -0.15) is 0 Å². The van der Waals surface area contributed by atoms with E-state index in [0.29, 0.717) is 0 Å². The lowest BCUT2D eigenvalue weighted by atomic mass is 10.1. The fraction of sp³-hybridized carbons (Fsp3) is 0.250. The van der Waals surface area contributed by atoms with Gasteiger partial charge in [0.1, 0.15) is 0 Å². The van der Waals surface area contributed by atoms with Crippen LogP contribution in [0, 0.1) is 0 Å². The van der Waals surface area contributed by atoms with Crippen molar-refractivity contribution in [3.63, 3.8) is 0 Å². The molecule has 0 aliphatic carbocycles. The zero-order valence-corrected chi connectivity index (χ0v) is 14.1. The molecule has 0 saturated carbocycles. The summed E-state index contributed by atoms with van der Waals surface area (Å²) >= 11 is 0. The molecule has 1 aromatic heterocycles. The van der Waals surface area contributed by atoms with Crippen molar-refractivity contribution >= 4 is 22.6 Å². The van der Waals surface area contributed by atoms with E-state index >= 15 is 0 Å². The Morgan fingerprint density at radius 2 is 2.00 bits per heavy atom. The van der Waals surface area contributed by atoms with Gasteiger partial charge in [-0.1, -0.05) is 36.4 Å². The summed E-state index contributed by atoms with van der Waals surface area (Å²) in [6, 6.07) is 16.8. The van der Waals surface area contributed by atoms with Gasteiger partial charge in [0.15, 0.2) is 0 Å². The summed E-state index contributed by atoms with van der Waals surface area (Å²) in [5.41, 5.74) is 2.00. The topological polar surface area (TPSA) is 58.1 Å². The summed E-state index contributed by atoms with van der Waals surface area (Å²) in [6.45, 7) is 3.16. The summed E-state index contributed by atoms with van der Waals surface area (Å²) in [7, 11) is 0. The van der Waals surface area contributed by atoms with Gasteiger partial charge in [0.2, 0.25) is 11.9 Å². The van der Waals surface area contributed by atoms with Gasteiger partial charge >= 0.3 is 0 Å². The Hall–Kier alpha value is -2.95. The number of hydrogen-bond donors (Lipinski definition) is 1. The Balaban J connectivity index is 1.59. The highest BCUT2D eigenvalue weighted by molar-refractivity contribution is 5.86. The van der Waals surface area contributed by atoms with Crippen molar-refractivity contribution in [2.75, 3.05) is 18.0 Å². The number of fused-ring (bicyclic) bond motifs is 1. The summed E-state index contributed by atoms with van der Waals surface area (Å²) in [4.78, 5) is 22.5. The standard InChI is InChI=1S/C20H20N4O/c1-14(25)22-18-9-11-24(13-18)20-21-10-8-19(23-20)17-7-6-15-4-2-3-5-16(15)12-17/h2-8,10,12,18H,9,11,13H2,1H3,(H,22,25). The maximum atomic E-state index is 11.2. The molecule has 0 spiro atoms. The van der Waals surface area contributed by atoms with Crippen LogP contribution in [0.4, 0.5) is 5.95 Å². The summed E-state index contributed by atoms with van der Waals surface area (Å²) in [5.74, 6) is 0.733. The third-order valence-corrected chi connectivity index (χ3v) is 4.57. The molecule has 3 aromatic rings. The van der Waals surface area contributed by atoms with Gasteiger partial charge in [-0.05, 0) is 29.3 Å². The number of anilines is 1. The molecule has 126 valence electrons. The van der Waals surface area contributed by atoms with Crippen LogP contribution in [0.25, 0.3) is 22.0 Å². The van der Waals surface area contributed by atoms with E-state index < -0.39 is 0 Å². The Morgan fingerprint density at radius 1 is 1.16 bits per heavy atom. The molecule has 0 radical (unpaired) electrons. The number of benzene rings is 2. The molecule has 2 aromatic carbocycles. The average Bonchev–Trinajstić information content (AvgIpc) is 3.09. The van der Waals surface area contributed by atoms with Crippen LogP contribution in [0.3, 0.4) is 0 Å². The molecule has 1 aliphatic rings. The zero-order chi connectivity index (χ0) is 17.2. The number of carbonyl (C=O) groups excluding carboxylic acids is 1. The monoisotopic (exact) mass is 332 g/mol. The fourth-order valence-corrected chi connectivity index (χ4v) is 3.36. The van der Waals surface area contributed by atoms with E-state index in [0.717, 1.165) is 36.7 Å². The maximum absolute atomic E-state index is 11.2. The summed E-state index contributed by atoms with van der Waals surface area (Å²) in [6.07, 6.45) is 2.72. The molecule has 1 N–H and O–H groups in total. The van der Waals surface area contributed by atoms with Crippen molar-refractivity contribution in [3.8, 4) is 11.3 Å². The second-order valence-electron chi connectivity index (χ2n) is 6.44. The van der Waals surface area contributed by atoms with Crippen LogP contribution in [0.5, 0.6) is 0 Å². The number of nitrogens with zero attached hydrogens (tertiary/aromatic N) is 3. The van der Waals surface area contributed by atoms with E-state index in [4.69, 9.17) is 4.98 Å². The van der Waals surface area contributed by atoms with Gasteiger partial charge in [-0.3, -0.25) is 4.79 Å². The third-order valence-electron chi connectivity index (χ3n) is 4.57. The fourth-order valence-electron chi connectivity index (χ4n) is 3.36. The van der Waals surface area contributed by atoms with Gasteiger partial charge in [0.05, 0.1) is 5.69 Å². The normalized spacial score (nSPS) is 17.0. The van der Waals surface area contributed by atoms with E-state index in [2.05, 4.69) is 45.5 Å². The van der Waals surface area contributed by atoms with Crippen molar-refractivity contribution in [2.45, 2.75) is 19.4 Å². The number of amides is 1. The van der Waals surface area contributed by atoms with Crippen LogP contribution in [0.15, 0.2) is 54.7 Å². The Morgan fingerprint density at radius 3 is 2.84 bits per heavy atom. The lowest BCUT2D eigenvalue weighted by molar-refractivity contribution is -0.119. The average molecular weight is 332 g/mol. The summed E-state index contributed by atoms with van der Waals surface area (Å²) < 4.78 is 0. The highest BCUT2D eigenvalue weighted by atomic mass is 16.1. The molecule has 1 atom stereocenters. The molecule has 0 bridgehead atoms. The second kappa shape index (κ2) is 6.51. The summed E-state index contributed by atoms with van der Waals surface area (Å²) in [5, 5.41) is 5.39. The molecular formula is C20H20N4O. The molecule has 1 fully saturated rings. The van der Waals surface area contributed by atoms with Crippen LogP contribution >= 0.6 is 0 Å². The van der Waals surface area contributed by atoms with Crippen molar-refractivity contribution in [3.05, 3.63) is 54.7 Å². The minimum atomic E-state index is 0.0117. The smallest absolute Gasteiger partial charge is 0.225 e. The van der Waals surface area contributed by atoms with Crippen LogP contribution in [0.1, 0.15) is 13.3 Å². The molecule has 1 amide bonds. The first kappa shape index (κ1) is 15.6. The van der Waals surface area contributed by atoms with Crippen molar-refractivity contribution in [2.24, 2.45) is 0 Å². The largest absolute Gasteiger partial charge is 0.352 e. The Bertz CT molecular complexity index is 924. The van der Waals surface area contributed by atoms with Gasteiger partial charge < -0.3 is 10.2 Å². The molecule has 1 aliphatic heterocycles. The van der Waals surface area contributed by atoms with E-state index in [1.807, 2.05) is 18.2 Å². The Kier molecular flexibility index (Phi) is 4.06. The highest BCUT2D eigenvalue weighted by Gasteiger charge is 2.25. The first-order valence-corrected chi connectivity index (χ1v) is 8.53. The van der Waals surface area contributed by atoms with Crippen LogP contribution in [-0.2, 0) is 4.79 Å². The Labute approximate surface area is 146 Å². The predicted octanol–water partition coefficient (Wildman–Crippen LogP) is 3.01. The van der Waals surface area contributed by atoms with Gasteiger partial charge in [0, 0.05) is 37.8 Å². The van der Waals surface area contributed by atoms with E-state index in [1.54, 1.807) is 13.1 Å². The van der Waals surface area contributed by atoms with Gasteiger partial charge in [-0.25, -0.2) is 9.97 Å². The zero-order valence-electron chi connectivity index (χ0n) is 14.1. The minimum Gasteiger partial charge on any atom is -0.352 e. The van der Waals surface area contributed by atoms with Crippen molar-refractivity contribution in [1.29, 1.82) is 0 Å². The van der Waals surface area contributed by atoms with E-state index in [9.17, 15) is 4.79 Å².